The minimum atomic E-state index is -1.90. The third-order valence-corrected chi connectivity index (χ3v) is 9.97. The van der Waals surface area contributed by atoms with E-state index in [1.165, 1.54) is 0 Å². The summed E-state index contributed by atoms with van der Waals surface area (Å²) in [7, 11) is 1.86. The van der Waals surface area contributed by atoms with E-state index < -0.39 is 17.6 Å². The maximum atomic E-state index is 15.0. The number of hydrogen-bond acceptors (Lipinski definition) is 7. The average molecular weight is 622 g/mol. The van der Waals surface area contributed by atoms with Crippen molar-refractivity contribution in [2.24, 2.45) is 7.05 Å². The second kappa shape index (κ2) is 11.3. The van der Waals surface area contributed by atoms with E-state index in [2.05, 4.69) is 55.0 Å². The highest BCUT2D eigenvalue weighted by molar-refractivity contribution is 6.00. The van der Waals surface area contributed by atoms with E-state index in [-0.39, 0.29) is 30.8 Å². The molecule has 0 spiro atoms. The second-order valence-electron chi connectivity index (χ2n) is 13.1. The smallest absolute Gasteiger partial charge is 0.258 e. The number of pyridine rings is 1. The Bertz CT molecular complexity index is 1800. The number of anilines is 2. The summed E-state index contributed by atoms with van der Waals surface area (Å²) in [4.78, 5) is 34.0. The number of nitrogens with one attached hydrogen (secondary N) is 2. The minimum Gasteiger partial charge on any atom is -0.374 e. The van der Waals surface area contributed by atoms with Gasteiger partial charge in [-0.15, -0.1) is 10.2 Å². The van der Waals surface area contributed by atoms with Crippen LogP contribution in [0.1, 0.15) is 49.1 Å². The van der Waals surface area contributed by atoms with Crippen LogP contribution in [-0.2, 0) is 27.8 Å². The Morgan fingerprint density at radius 1 is 1.07 bits per heavy atom. The number of rotatable bonds is 8. The molecule has 2 aromatic carbocycles. The topological polar surface area (TPSA) is 114 Å². The van der Waals surface area contributed by atoms with Crippen LogP contribution in [0.5, 0.6) is 0 Å². The van der Waals surface area contributed by atoms with Gasteiger partial charge in [-0.05, 0) is 97.2 Å². The molecule has 1 unspecified atom stereocenters. The predicted octanol–water partition coefficient (Wildman–Crippen LogP) is 4.57. The third-order valence-electron chi connectivity index (χ3n) is 9.97. The first-order chi connectivity index (χ1) is 22.3. The number of fused-ring (bicyclic) bond motifs is 3. The van der Waals surface area contributed by atoms with Gasteiger partial charge in [-0.25, -0.2) is 9.37 Å². The molecule has 46 heavy (non-hydrogen) atoms. The Labute approximate surface area is 266 Å². The van der Waals surface area contributed by atoms with Crippen molar-refractivity contribution in [3.05, 3.63) is 78.2 Å². The molecule has 4 aromatic rings. The van der Waals surface area contributed by atoms with Crippen molar-refractivity contribution >= 4 is 23.3 Å². The van der Waals surface area contributed by atoms with Crippen molar-refractivity contribution in [2.75, 3.05) is 23.4 Å². The summed E-state index contributed by atoms with van der Waals surface area (Å²) in [5.41, 5.74) is 3.74. The van der Waals surface area contributed by atoms with Crippen LogP contribution in [0.4, 0.5) is 15.9 Å². The van der Waals surface area contributed by atoms with Crippen LogP contribution in [0, 0.1) is 0 Å². The Morgan fingerprint density at radius 2 is 1.87 bits per heavy atom. The molecule has 4 atom stereocenters. The first-order valence-electron chi connectivity index (χ1n) is 16.1. The number of nitrogens with zero attached hydrogens (tertiary/aromatic N) is 5. The zero-order chi connectivity index (χ0) is 31.4. The minimum absolute atomic E-state index is 0.178. The molecule has 8 rings (SSSR count). The van der Waals surface area contributed by atoms with Crippen molar-refractivity contribution in [3.63, 3.8) is 0 Å². The second-order valence-corrected chi connectivity index (χ2v) is 13.1. The van der Waals surface area contributed by atoms with Crippen LogP contribution < -0.4 is 15.5 Å². The molecular weight excluding hydrogens is 585 g/mol. The highest BCUT2D eigenvalue weighted by Gasteiger charge is 2.52. The molecule has 2 aliphatic heterocycles. The van der Waals surface area contributed by atoms with Gasteiger partial charge in [0.05, 0.1) is 18.8 Å². The third kappa shape index (κ3) is 5.32. The Morgan fingerprint density at radius 3 is 2.59 bits per heavy atom. The number of carbonyl (C=O) groups excluding carboxylic acids is 2. The SMILES string of the molecule is Cn1cnnc1-c1ccc(NC(=O)C(NC(=O)C2(F)CC2)[C@@H]2CCCc3ccc(-c4ccnc(N5C[C@H]6C[C@@H]5CO6)c4)cc32)cc1. The molecule has 4 heterocycles. The Kier molecular flexibility index (Phi) is 7.08. The van der Waals surface area contributed by atoms with Gasteiger partial charge in [0.15, 0.2) is 11.5 Å². The molecule has 1 saturated carbocycles. The number of benzene rings is 2. The fourth-order valence-electron chi connectivity index (χ4n) is 7.22. The lowest BCUT2D eigenvalue weighted by Gasteiger charge is -2.33. The zero-order valence-electron chi connectivity index (χ0n) is 25.7. The number of alkyl halides is 1. The van der Waals surface area contributed by atoms with Gasteiger partial charge in [-0.1, -0.05) is 18.2 Å². The average Bonchev–Trinajstić information content (AvgIpc) is 3.40. The van der Waals surface area contributed by atoms with E-state index in [9.17, 15) is 14.0 Å². The van der Waals surface area contributed by atoms with Gasteiger partial charge in [0.25, 0.3) is 5.91 Å². The van der Waals surface area contributed by atoms with Gasteiger partial charge in [-0.3, -0.25) is 9.59 Å². The molecule has 2 N–H and O–H groups in total. The van der Waals surface area contributed by atoms with Crippen LogP contribution in [0.15, 0.2) is 67.1 Å². The molecule has 10 nitrogen and oxygen atoms in total. The molecule has 2 aromatic heterocycles. The van der Waals surface area contributed by atoms with Gasteiger partial charge < -0.3 is 24.8 Å². The van der Waals surface area contributed by atoms with Crippen LogP contribution in [0.2, 0.25) is 0 Å². The molecule has 2 amide bonds. The molecule has 11 heteroatoms. The Balaban J connectivity index is 1.08. The van der Waals surface area contributed by atoms with E-state index in [1.54, 1.807) is 18.5 Å². The fourth-order valence-corrected chi connectivity index (χ4v) is 7.22. The molecule has 2 bridgehead atoms. The number of morpholine rings is 1. The van der Waals surface area contributed by atoms with Gasteiger partial charge in [0.2, 0.25) is 5.91 Å². The first-order valence-corrected chi connectivity index (χ1v) is 16.1. The number of aryl methyl sites for hydroxylation is 2. The van der Waals surface area contributed by atoms with E-state index in [4.69, 9.17) is 4.74 Å². The Hall–Kier alpha value is -4.64. The van der Waals surface area contributed by atoms with E-state index in [0.717, 1.165) is 66.0 Å². The normalized spacial score (nSPS) is 23.1. The fraction of sp³-hybridized carbons (Fsp3) is 0.400. The molecule has 2 saturated heterocycles. The lowest BCUT2D eigenvalue weighted by Crippen LogP contribution is -2.51. The maximum Gasteiger partial charge on any atom is 0.258 e. The molecular formula is C35H36FN7O3. The number of ether oxygens (including phenoxy) is 1. The van der Waals surface area contributed by atoms with Crippen molar-refractivity contribution in [2.45, 2.75) is 68.3 Å². The number of hydrogen-bond donors (Lipinski definition) is 2. The van der Waals surface area contributed by atoms with Crippen molar-refractivity contribution < 1.29 is 18.7 Å². The summed E-state index contributed by atoms with van der Waals surface area (Å²) in [5.74, 6) is 0.245. The largest absolute Gasteiger partial charge is 0.374 e. The maximum absolute atomic E-state index is 15.0. The van der Waals surface area contributed by atoms with Crippen LogP contribution in [0.3, 0.4) is 0 Å². The zero-order valence-corrected chi connectivity index (χ0v) is 25.7. The number of amides is 2. The standard InChI is InChI=1S/C35H36FN7O3/c1-42-20-38-41-32(42)22-7-9-25(10-8-22)39-33(44)31(40-34(45)35(36)12-13-35)28-4-2-3-21-5-6-23(15-29(21)28)24-11-14-37-30(16-24)43-18-27-17-26(43)19-46-27/h5-11,14-16,20,26-28,31H,2-4,12-13,17-19H2,1H3,(H,39,44)(H,40,45)/t26-,27-,28-,31?/m1/s1. The summed E-state index contributed by atoms with van der Waals surface area (Å²) in [6, 6.07) is 17.2. The summed E-state index contributed by atoms with van der Waals surface area (Å²) >= 11 is 0. The van der Waals surface area contributed by atoms with E-state index in [1.807, 2.05) is 36.0 Å². The molecule has 2 aliphatic carbocycles. The van der Waals surface area contributed by atoms with Crippen molar-refractivity contribution in [3.8, 4) is 22.5 Å². The summed E-state index contributed by atoms with van der Waals surface area (Å²) in [5, 5.41) is 13.9. The van der Waals surface area contributed by atoms with Crippen LogP contribution >= 0.6 is 0 Å². The molecule has 3 fully saturated rings. The van der Waals surface area contributed by atoms with Crippen LogP contribution in [0.25, 0.3) is 22.5 Å². The molecule has 0 radical (unpaired) electrons. The molecule has 236 valence electrons. The summed E-state index contributed by atoms with van der Waals surface area (Å²) < 4.78 is 22.6. The number of aromatic nitrogens is 4. The van der Waals surface area contributed by atoms with Crippen molar-refractivity contribution in [1.82, 2.24) is 25.1 Å². The van der Waals surface area contributed by atoms with Gasteiger partial charge >= 0.3 is 0 Å². The van der Waals surface area contributed by atoms with Crippen molar-refractivity contribution in [1.29, 1.82) is 0 Å². The molecule has 4 aliphatic rings. The quantitative estimate of drug-likeness (QED) is 0.296. The van der Waals surface area contributed by atoms with E-state index in [0.29, 0.717) is 24.0 Å². The lowest BCUT2D eigenvalue weighted by molar-refractivity contribution is -0.131. The number of carbonyl (C=O) groups is 2. The lowest BCUT2D eigenvalue weighted by atomic mass is 9.77. The highest BCUT2D eigenvalue weighted by atomic mass is 19.1. The van der Waals surface area contributed by atoms with E-state index >= 15 is 0 Å². The summed E-state index contributed by atoms with van der Waals surface area (Å²) in [6.07, 6.45) is 7.57. The van der Waals surface area contributed by atoms with Crippen LogP contribution in [-0.4, -0.2) is 68.6 Å². The van der Waals surface area contributed by atoms with Gasteiger partial charge in [0.1, 0.15) is 18.2 Å². The first kappa shape index (κ1) is 28.8. The summed E-state index contributed by atoms with van der Waals surface area (Å²) in [6.45, 7) is 1.58. The number of halogens is 1. The van der Waals surface area contributed by atoms with Gasteiger partial charge in [-0.2, -0.15) is 0 Å². The highest BCUT2D eigenvalue weighted by Crippen LogP contribution is 2.42. The predicted molar refractivity (Wildman–Crippen MR) is 171 cm³/mol. The monoisotopic (exact) mass is 621 g/mol. The van der Waals surface area contributed by atoms with Gasteiger partial charge in [0, 0.05) is 37.0 Å².